The van der Waals surface area contributed by atoms with Gasteiger partial charge in [-0.25, -0.2) is 13.8 Å². The number of halogens is 3. The van der Waals surface area contributed by atoms with Crippen molar-refractivity contribution in [1.29, 1.82) is 0 Å². The third kappa shape index (κ3) is 2.06. The van der Waals surface area contributed by atoms with Crippen molar-refractivity contribution in [1.82, 2.24) is 4.98 Å². The summed E-state index contributed by atoms with van der Waals surface area (Å²) in [5.74, 6) is -0.910. The van der Waals surface area contributed by atoms with Crippen LogP contribution in [0.5, 0.6) is 5.75 Å². The minimum Gasteiger partial charge on any atom is -0.504 e. The van der Waals surface area contributed by atoms with Crippen LogP contribution in [-0.2, 0) is 5.33 Å². The number of anilines is 1. The number of nitrogens with two attached hydrogens (primary N) is 1. The van der Waals surface area contributed by atoms with E-state index in [0.717, 1.165) is 6.07 Å². The van der Waals surface area contributed by atoms with Gasteiger partial charge in [0.1, 0.15) is 0 Å². The first-order chi connectivity index (χ1) is 6.06. The van der Waals surface area contributed by atoms with Crippen molar-refractivity contribution in [2.45, 2.75) is 11.8 Å². The monoisotopic (exact) mass is 252 g/mol. The Morgan fingerprint density at radius 1 is 1.62 bits per heavy atom. The molecule has 0 aliphatic carbocycles. The van der Waals surface area contributed by atoms with Gasteiger partial charge in [-0.3, -0.25) is 0 Å². The summed E-state index contributed by atoms with van der Waals surface area (Å²) in [6.45, 7) is 0. The molecular weight excluding hydrogens is 246 g/mol. The minimum absolute atomic E-state index is 0.271. The quantitative estimate of drug-likeness (QED) is 0.794. The second kappa shape index (κ2) is 3.87. The third-order valence-corrected chi connectivity index (χ3v) is 2.05. The van der Waals surface area contributed by atoms with Crippen LogP contribution >= 0.6 is 15.9 Å². The van der Waals surface area contributed by atoms with E-state index in [2.05, 4.69) is 20.9 Å². The van der Waals surface area contributed by atoms with Gasteiger partial charge in [0.2, 0.25) is 0 Å². The van der Waals surface area contributed by atoms with E-state index in [1.165, 1.54) is 0 Å². The summed E-state index contributed by atoms with van der Waals surface area (Å²) in [5, 5.41) is 9.42. The normalized spacial score (nSPS) is 10.8. The standard InChI is InChI=1S/C7H7BrF2N2O/c8-2-3-1-4(6(9)10)5(13)7(11)12-3/h1,6,13H,2H2,(H2,11,12). The summed E-state index contributed by atoms with van der Waals surface area (Å²) >= 11 is 3.05. The van der Waals surface area contributed by atoms with Gasteiger partial charge in [-0.15, -0.1) is 0 Å². The molecule has 0 saturated carbocycles. The van der Waals surface area contributed by atoms with Crippen molar-refractivity contribution in [3.63, 3.8) is 0 Å². The van der Waals surface area contributed by atoms with E-state index in [1.807, 2.05) is 0 Å². The van der Waals surface area contributed by atoms with Gasteiger partial charge >= 0.3 is 0 Å². The first-order valence-electron chi connectivity index (χ1n) is 3.38. The molecule has 0 radical (unpaired) electrons. The zero-order chi connectivity index (χ0) is 10.0. The maximum atomic E-state index is 12.3. The van der Waals surface area contributed by atoms with Crippen molar-refractivity contribution >= 4 is 21.7 Å². The molecule has 3 nitrogen and oxygen atoms in total. The molecule has 6 heteroatoms. The SMILES string of the molecule is Nc1nc(CBr)cc(C(F)F)c1O. The molecule has 1 aromatic heterocycles. The van der Waals surface area contributed by atoms with Gasteiger partial charge in [-0.1, -0.05) is 15.9 Å². The Bertz CT molecular complexity index is 320. The van der Waals surface area contributed by atoms with E-state index in [1.54, 1.807) is 0 Å². The van der Waals surface area contributed by atoms with Gasteiger partial charge in [0.05, 0.1) is 11.3 Å². The largest absolute Gasteiger partial charge is 0.504 e. The molecule has 72 valence electrons. The summed E-state index contributed by atoms with van der Waals surface area (Å²) in [6.07, 6.45) is -2.75. The molecule has 1 rings (SSSR count). The number of rotatable bonds is 2. The zero-order valence-corrected chi connectivity index (χ0v) is 8.05. The van der Waals surface area contributed by atoms with Crippen LogP contribution in [0.3, 0.4) is 0 Å². The van der Waals surface area contributed by atoms with Crippen LogP contribution in [0.2, 0.25) is 0 Å². The van der Waals surface area contributed by atoms with E-state index in [9.17, 15) is 8.78 Å². The van der Waals surface area contributed by atoms with Gasteiger partial charge in [0.25, 0.3) is 6.43 Å². The molecule has 0 fully saturated rings. The Hall–Kier alpha value is -0.910. The van der Waals surface area contributed by atoms with Crippen molar-refractivity contribution in [2.24, 2.45) is 0 Å². The third-order valence-electron chi connectivity index (χ3n) is 1.47. The number of hydrogen-bond donors (Lipinski definition) is 2. The molecule has 0 aliphatic rings. The van der Waals surface area contributed by atoms with Gasteiger partial charge in [-0.05, 0) is 6.07 Å². The highest BCUT2D eigenvalue weighted by Crippen LogP contribution is 2.32. The summed E-state index contributed by atoms with van der Waals surface area (Å²) in [6, 6.07) is 1.12. The Morgan fingerprint density at radius 2 is 2.23 bits per heavy atom. The number of aromatic hydroxyl groups is 1. The van der Waals surface area contributed by atoms with Crippen molar-refractivity contribution < 1.29 is 13.9 Å². The highest BCUT2D eigenvalue weighted by atomic mass is 79.9. The molecule has 0 bridgehead atoms. The molecule has 0 unspecified atom stereocenters. The van der Waals surface area contributed by atoms with Crippen LogP contribution < -0.4 is 5.73 Å². The number of nitrogen functional groups attached to an aromatic ring is 1. The lowest BCUT2D eigenvalue weighted by atomic mass is 10.2. The van der Waals surface area contributed by atoms with E-state index >= 15 is 0 Å². The maximum absolute atomic E-state index is 12.3. The molecule has 0 aromatic carbocycles. The van der Waals surface area contributed by atoms with Crippen LogP contribution in [-0.4, -0.2) is 10.1 Å². The number of nitrogens with zero attached hydrogens (tertiary/aromatic N) is 1. The first kappa shape index (κ1) is 10.2. The van der Waals surface area contributed by atoms with Crippen molar-refractivity contribution in [2.75, 3.05) is 5.73 Å². The number of pyridine rings is 1. The highest BCUT2D eigenvalue weighted by Gasteiger charge is 2.16. The molecule has 0 aliphatic heterocycles. The molecule has 1 aromatic rings. The molecule has 0 atom stereocenters. The van der Waals surface area contributed by atoms with E-state index in [4.69, 9.17) is 10.8 Å². The fourth-order valence-electron chi connectivity index (χ4n) is 0.870. The second-order valence-electron chi connectivity index (χ2n) is 2.37. The van der Waals surface area contributed by atoms with Gasteiger partial charge in [-0.2, -0.15) is 0 Å². The Morgan fingerprint density at radius 3 is 2.69 bits per heavy atom. The van der Waals surface area contributed by atoms with Gasteiger partial charge in [0.15, 0.2) is 11.6 Å². The fraction of sp³-hybridized carbons (Fsp3) is 0.286. The smallest absolute Gasteiger partial charge is 0.267 e. The Labute approximate surface area is 81.7 Å². The molecular formula is C7H7BrF2N2O. The van der Waals surface area contributed by atoms with E-state index in [0.29, 0.717) is 11.0 Å². The molecule has 0 saturated heterocycles. The molecule has 3 N–H and O–H groups in total. The van der Waals surface area contributed by atoms with Crippen LogP contribution in [0.4, 0.5) is 14.6 Å². The number of hydrogen-bond acceptors (Lipinski definition) is 3. The average Bonchev–Trinajstić information content (AvgIpc) is 2.09. The average molecular weight is 253 g/mol. The predicted octanol–water partition coefficient (Wildman–Crippen LogP) is 2.20. The first-order valence-corrected chi connectivity index (χ1v) is 4.50. The molecule has 0 amide bonds. The van der Waals surface area contributed by atoms with Gasteiger partial charge < -0.3 is 10.8 Å². The summed E-state index contributed by atoms with van der Waals surface area (Å²) in [7, 11) is 0. The molecule has 1 heterocycles. The zero-order valence-electron chi connectivity index (χ0n) is 6.47. The topological polar surface area (TPSA) is 59.1 Å². The summed E-state index contributed by atoms with van der Waals surface area (Å²) in [4.78, 5) is 3.68. The highest BCUT2D eigenvalue weighted by molar-refractivity contribution is 9.08. The lowest BCUT2D eigenvalue weighted by molar-refractivity contribution is 0.147. The van der Waals surface area contributed by atoms with Crippen LogP contribution in [0, 0.1) is 0 Å². The number of alkyl halides is 3. The molecule has 0 spiro atoms. The minimum atomic E-state index is -2.75. The summed E-state index contributed by atoms with van der Waals surface area (Å²) < 4.78 is 24.5. The second-order valence-corrected chi connectivity index (χ2v) is 2.93. The maximum Gasteiger partial charge on any atom is 0.267 e. The number of aromatic nitrogens is 1. The Balaban J connectivity index is 3.25. The van der Waals surface area contributed by atoms with Crippen molar-refractivity contribution in [3.05, 3.63) is 17.3 Å². The Kier molecular flexibility index (Phi) is 3.02. The van der Waals surface area contributed by atoms with Crippen LogP contribution in [0.15, 0.2) is 6.07 Å². The van der Waals surface area contributed by atoms with E-state index < -0.39 is 17.7 Å². The van der Waals surface area contributed by atoms with Crippen LogP contribution in [0.1, 0.15) is 17.7 Å². The summed E-state index contributed by atoms with van der Waals surface area (Å²) in [5.41, 5.74) is 5.10. The van der Waals surface area contributed by atoms with Crippen molar-refractivity contribution in [3.8, 4) is 5.75 Å². The van der Waals surface area contributed by atoms with E-state index in [-0.39, 0.29) is 5.82 Å². The molecule has 13 heavy (non-hydrogen) atoms. The fourth-order valence-corrected chi connectivity index (χ4v) is 1.16. The lowest BCUT2D eigenvalue weighted by Gasteiger charge is -2.07. The predicted molar refractivity (Wildman–Crippen MR) is 47.9 cm³/mol. The van der Waals surface area contributed by atoms with Crippen LogP contribution in [0.25, 0.3) is 0 Å². The lowest BCUT2D eigenvalue weighted by Crippen LogP contribution is -1.98. The van der Waals surface area contributed by atoms with Gasteiger partial charge in [0, 0.05) is 5.33 Å².